The molecule has 0 saturated heterocycles. The zero-order valence-corrected chi connectivity index (χ0v) is 15.0. The minimum absolute atomic E-state index is 0.796. The molecule has 0 unspecified atom stereocenters. The van der Waals surface area contributed by atoms with Crippen LogP contribution in [-0.2, 0) is 12.2 Å². The first kappa shape index (κ1) is 16.4. The van der Waals surface area contributed by atoms with Crippen LogP contribution in [0.5, 0.6) is 0 Å². The Morgan fingerprint density at radius 2 is 1.87 bits per heavy atom. The number of thioether (sulfide) groups is 1. The molecule has 1 N–H and O–H groups in total. The Hall–Kier alpha value is -1.42. The fourth-order valence-corrected chi connectivity index (χ4v) is 3.77. The van der Waals surface area contributed by atoms with E-state index in [4.69, 9.17) is 11.6 Å². The topological polar surface area (TPSA) is 19.0 Å². The van der Waals surface area contributed by atoms with Gasteiger partial charge in [0.2, 0.25) is 0 Å². The number of nitrogens with one attached hydrogen (secondary N) is 1. The highest BCUT2D eigenvalue weighted by atomic mass is 35.5. The summed E-state index contributed by atoms with van der Waals surface area (Å²) >= 11 is 8.07. The van der Waals surface area contributed by atoms with Gasteiger partial charge in [0.25, 0.3) is 0 Å². The van der Waals surface area contributed by atoms with E-state index in [9.17, 15) is 0 Å². The average molecular weight is 345 g/mol. The third kappa shape index (κ3) is 4.11. The van der Waals surface area contributed by atoms with Crippen LogP contribution in [0.1, 0.15) is 11.3 Å². The van der Waals surface area contributed by atoms with E-state index < -0.39 is 0 Å². The molecule has 0 saturated carbocycles. The quantitative estimate of drug-likeness (QED) is 0.618. The van der Waals surface area contributed by atoms with Crippen molar-refractivity contribution in [1.82, 2.24) is 9.88 Å². The van der Waals surface area contributed by atoms with Crippen molar-refractivity contribution in [3.05, 3.63) is 64.8 Å². The molecule has 0 radical (unpaired) electrons. The van der Waals surface area contributed by atoms with E-state index in [0.29, 0.717) is 0 Å². The summed E-state index contributed by atoms with van der Waals surface area (Å²) in [4.78, 5) is 7.10. The van der Waals surface area contributed by atoms with E-state index in [2.05, 4.69) is 66.4 Å². The number of hydrogen-bond donors (Lipinski definition) is 1. The Morgan fingerprint density at radius 3 is 2.61 bits per heavy atom. The molecule has 3 aromatic rings. The number of benzene rings is 2. The predicted octanol–water partition coefficient (Wildman–Crippen LogP) is 5.22. The zero-order chi connectivity index (χ0) is 16.2. The van der Waals surface area contributed by atoms with Gasteiger partial charge in [-0.25, -0.2) is 0 Å². The second-order valence-electron chi connectivity index (χ2n) is 5.93. The number of hydrogen-bond acceptors (Lipinski definition) is 2. The number of aromatic amines is 1. The van der Waals surface area contributed by atoms with Gasteiger partial charge >= 0.3 is 0 Å². The smallest absolute Gasteiger partial charge is 0.0460 e. The van der Waals surface area contributed by atoms with Crippen LogP contribution in [0.25, 0.3) is 10.9 Å². The summed E-state index contributed by atoms with van der Waals surface area (Å²) in [5.74, 6) is 0.944. The number of likely N-dealkylation sites (N-methyl/N-ethyl adjacent to an activating group) is 1. The summed E-state index contributed by atoms with van der Waals surface area (Å²) in [6.45, 7) is 1.03. The van der Waals surface area contributed by atoms with Crippen LogP contribution >= 0.6 is 23.4 Å². The number of H-pyrrole nitrogens is 1. The third-order valence-electron chi connectivity index (χ3n) is 3.89. The van der Waals surface area contributed by atoms with Crippen LogP contribution < -0.4 is 0 Å². The third-order valence-corrected chi connectivity index (χ3v) is 5.17. The molecule has 0 aliphatic rings. The molecule has 0 atom stereocenters. The number of aromatic nitrogens is 1. The molecule has 1 aromatic heterocycles. The second kappa shape index (κ2) is 7.43. The normalized spacial score (nSPS) is 11.5. The van der Waals surface area contributed by atoms with Crippen LogP contribution in [-0.4, -0.2) is 30.5 Å². The number of halogens is 1. The lowest BCUT2D eigenvalue weighted by molar-refractivity contribution is 0.414. The van der Waals surface area contributed by atoms with Crippen LogP contribution in [0, 0.1) is 0 Å². The molecule has 0 amide bonds. The maximum atomic E-state index is 6.21. The van der Waals surface area contributed by atoms with E-state index in [-0.39, 0.29) is 0 Å². The molecule has 1 heterocycles. The minimum Gasteiger partial charge on any atom is -0.357 e. The van der Waals surface area contributed by atoms with Crippen molar-refractivity contribution in [1.29, 1.82) is 0 Å². The summed E-state index contributed by atoms with van der Waals surface area (Å²) < 4.78 is 0. The monoisotopic (exact) mass is 344 g/mol. The largest absolute Gasteiger partial charge is 0.357 e. The second-order valence-corrected chi connectivity index (χ2v) is 7.41. The molecule has 2 aromatic carbocycles. The molecule has 3 rings (SSSR count). The van der Waals surface area contributed by atoms with Crippen LogP contribution in [0.2, 0.25) is 5.02 Å². The van der Waals surface area contributed by atoms with Crippen molar-refractivity contribution in [2.24, 2.45) is 0 Å². The summed E-state index contributed by atoms with van der Waals surface area (Å²) in [6.07, 6.45) is 1.03. The van der Waals surface area contributed by atoms with E-state index in [1.807, 2.05) is 17.8 Å². The van der Waals surface area contributed by atoms with Crippen LogP contribution in [0.3, 0.4) is 0 Å². The Kier molecular flexibility index (Phi) is 5.31. The first-order valence-electron chi connectivity index (χ1n) is 7.75. The molecule has 0 aliphatic carbocycles. The number of nitrogens with zero attached hydrogens (tertiary/aromatic N) is 1. The molecular weight excluding hydrogens is 324 g/mol. The van der Waals surface area contributed by atoms with Gasteiger partial charge in [0.05, 0.1) is 0 Å². The molecule has 0 spiro atoms. The van der Waals surface area contributed by atoms with Crippen molar-refractivity contribution in [3.8, 4) is 0 Å². The number of fused-ring (bicyclic) bond motifs is 1. The maximum absolute atomic E-state index is 6.21. The molecule has 4 heteroatoms. The Labute approximate surface area is 146 Å². The van der Waals surface area contributed by atoms with Gasteiger partial charge in [0.1, 0.15) is 0 Å². The standard InChI is InChI=1S/C19H21ClN2S/c1-22(2)11-10-16-17-12-14(20)8-9-18(17)21-19(16)13-23-15-6-4-3-5-7-15/h3-9,12,21H,10-11,13H2,1-2H3. The molecular formula is C19H21ClN2S. The Bertz CT molecular complexity index is 781. The lowest BCUT2D eigenvalue weighted by Gasteiger charge is -2.10. The minimum atomic E-state index is 0.796. The van der Waals surface area contributed by atoms with Gasteiger partial charge in [0.15, 0.2) is 0 Å². The number of rotatable bonds is 6. The molecule has 0 bridgehead atoms. The van der Waals surface area contributed by atoms with Crippen molar-refractivity contribution in [2.45, 2.75) is 17.1 Å². The van der Waals surface area contributed by atoms with Crippen LogP contribution in [0.15, 0.2) is 53.4 Å². The van der Waals surface area contributed by atoms with Gasteiger partial charge in [-0.1, -0.05) is 29.8 Å². The maximum Gasteiger partial charge on any atom is 0.0460 e. The van der Waals surface area contributed by atoms with Crippen molar-refractivity contribution in [2.75, 3.05) is 20.6 Å². The van der Waals surface area contributed by atoms with Crippen LogP contribution in [0.4, 0.5) is 0 Å². The van der Waals surface area contributed by atoms with Gasteiger partial charge in [-0.3, -0.25) is 0 Å². The fourth-order valence-electron chi connectivity index (χ4n) is 2.69. The summed E-state index contributed by atoms with van der Waals surface area (Å²) in [6, 6.07) is 16.6. The Morgan fingerprint density at radius 1 is 1.09 bits per heavy atom. The molecule has 0 fully saturated rings. The van der Waals surface area contributed by atoms with Crippen molar-refractivity contribution in [3.63, 3.8) is 0 Å². The van der Waals surface area contributed by atoms with Gasteiger partial charge in [-0.05, 0) is 56.4 Å². The Balaban J connectivity index is 1.89. The average Bonchev–Trinajstić information content (AvgIpc) is 2.88. The van der Waals surface area contributed by atoms with E-state index >= 15 is 0 Å². The molecule has 0 aliphatic heterocycles. The van der Waals surface area contributed by atoms with Gasteiger partial charge in [-0.2, -0.15) is 0 Å². The van der Waals surface area contributed by atoms with Gasteiger partial charge < -0.3 is 9.88 Å². The predicted molar refractivity (Wildman–Crippen MR) is 102 cm³/mol. The van der Waals surface area contributed by atoms with E-state index in [0.717, 1.165) is 23.7 Å². The van der Waals surface area contributed by atoms with Gasteiger partial charge in [0, 0.05) is 38.8 Å². The fraction of sp³-hybridized carbons (Fsp3) is 0.263. The van der Waals surface area contributed by atoms with Crippen molar-refractivity contribution >= 4 is 34.3 Å². The summed E-state index contributed by atoms with van der Waals surface area (Å²) in [5, 5.41) is 2.05. The molecule has 23 heavy (non-hydrogen) atoms. The van der Waals surface area contributed by atoms with Gasteiger partial charge in [-0.15, -0.1) is 11.8 Å². The zero-order valence-electron chi connectivity index (χ0n) is 13.5. The summed E-state index contributed by atoms with van der Waals surface area (Å²) in [7, 11) is 4.22. The highest BCUT2D eigenvalue weighted by Gasteiger charge is 2.12. The first-order valence-corrected chi connectivity index (χ1v) is 9.11. The SMILES string of the molecule is CN(C)CCc1c(CSc2ccccc2)[nH]c2ccc(Cl)cc12. The molecule has 120 valence electrons. The lowest BCUT2D eigenvalue weighted by Crippen LogP contribution is -2.15. The first-order chi connectivity index (χ1) is 11.1. The highest BCUT2D eigenvalue weighted by molar-refractivity contribution is 7.98. The van der Waals surface area contributed by atoms with E-state index in [1.165, 1.54) is 27.1 Å². The highest BCUT2D eigenvalue weighted by Crippen LogP contribution is 2.30. The van der Waals surface area contributed by atoms with E-state index in [1.54, 1.807) is 0 Å². The lowest BCUT2D eigenvalue weighted by atomic mass is 10.1. The molecule has 2 nitrogen and oxygen atoms in total. The summed E-state index contributed by atoms with van der Waals surface area (Å²) in [5.41, 5.74) is 3.87. The van der Waals surface area contributed by atoms with Crippen molar-refractivity contribution < 1.29 is 0 Å².